The Kier molecular flexibility index (Phi) is 6.24. The maximum atomic E-state index is 12.0. The molecule has 0 aliphatic carbocycles. The molecule has 1 aromatic carbocycles. The minimum atomic E-state index is -0.323. The Balaban J connectivity index is 1.73. The number of halogens is 1. The molecule has 0 atom stereocenters. The number of amides is 2. The van der Waals surface area contributed by atoms with Gasteiger partial charge in [0.15, 0.2) is 6.61 Å². The van der Waals surface area contributed by atoms with Crippen molar-refractivity contribution in [1.29, 1.82) is 0 Å². The summed E-state index contributed by atoms with van der Waals surface area (Å²) in [4.78, 5) is 24.8. The van der Waals surface area contributed by atoms with E-state index in [-0.39, 0.29) is 31.0 Å². The van der Waals surface area contributed by atoms with Crippen molar-refractivity contribution in [3.05, 3.63) is 28.8 Å². The molecule has 6 nitrogen and oxygen atoms in total. The van der Waals surface area contributed by atoms with Crippen LogP contribution in [0.1, 0.15) is 18.4 Å². The van der Waals surface area contributed by atoms with E-state index in [1.165, 1.54) is 0 Å². The fourth-order valence-corrected chi connectivity index (χ4v) is 2.76. The van der Waals surface area contributed by atoms with Gasteiger partial charge in [0, 0.05) is 19.1 Å². The summed E-state index contributed by atoms with van der Waals surface area (Å²) in [6.07, 6.45) is 1.59. The van der Waals surface area contributed by atoms with Crippen LogP contribution in [0.25, 0.3) is 0 Å². The largest absolute Gasteiger partial charge is 0.482 e. The van der Waals surface area contributed by atoms with E-state index >= 15 is 0 Å². The number of carbonyl (C=O) groups is 2. The molecule has 1 saturated heterocycles. The van der Waals surface area contributed by atoms with Crippen molar-refractivity contribution in [3.8, 4) is 5.75 Å². The maximum absolute atomic E-state index is 12.0. The zero-order valence-corrected chi connectivity index (χ0v) is 13.9. The first-order valence-electron chi connectivity index (χ1n) is 7.63. The lowest BCUT2D eigenvalue weighted by Crippen LogP contribution is -2.47. The molecule has 0 saturated carbocycles. The molecule has 1 fully saturated rings. The van der Waals surface area contributed by atoms with Crippen LogP contribution in [-0.4, -0.2) is 49.0 Å². The van der Waals surface area contributed by atoms with E-state index < -0.39 is 0 Å². The number of likely N-dealkylation sites (tertiary alicyclic amines) is 1. The Morgan fingerprint density at radius 2 is 2.09 bits per heavy atom. The van der Waals surface area contributed by atoms with E-state index in [9.17, 15) is 9.59 Å². The zero-order chi connectivity index (χ0) is 16.8. The van der Waals surface area contributed by atoms with Gasteiger partial charge in [-0.15, -0.1) is 0 Å². The van der Waals surface area contributed by atoms with E-state index in [2.05, 4.69) is 5.32 Å². The van der Waals surface area contributed by atoms with Crippen LogP contribution in [0.5, 0.6) is 5.75 Å². The Labute approximate surface area is 140 Å². The lowest BCUT2D eigenvalue weighted by Gasteiger charge is -2.31. The second-order valence-corrected chi connectivity index (χ2v) is 6.21. The van der Waals surface area contributed by atoms with Crippen LogP contribution in [0, 0.1) is 6.92 Å². The number of hydrogen-bond acceptors (Lipinski definition) is 4. The minimum absolute atomic E-state index is 0.0648. The van der Waals surface area contributed by atoms with Crippen molar-refractivity contribution in [2.24, 2.45) is 5.73 Å². The normalized spacial score (nSPS) is 16.1. The lowest BCUT2D eigenvalue weighted by molar-refractivity contribution is -0.124. The number of hydrogen-bond donors (Lipinski definition) is 2. The second-order valence-electron chi connectivity index (χ2n) is 5.81. The summed E-state index contributed by atoms with van der Waals surface area (Å²) in [5.74, 6) is 0.0185. The van der Waals surface area contributed by atoms with E-state index in [0.717, 1.165) is 31.5 Å². The smallest absolute Gasteiger partial charge is 0.258 e. The van der Waals surface area contributed by atoms with Gasteiger partial charge in [-0.2, -0.15) is 0 Å². The van der Waals surface area contributed by atoms with Gasteiger partial charge >= 0.3 is 0 Å². The summed E-state index contributed by atoms with van der Waals surface area (Å²) >= 11 is 6.03. The number of primary amides is 1. The molecule has 1 aromatic rings. The van der Waals surface area contributed by atoms with Crippen molar-refractivity contribution >= 4 is 23.4 Å². The van der Waals surface area contributed by atoms with Crippen LogP contribution < -0.4 is 15.8 Å². The van der Waals surface area contributed by atoms with Crippen LogP contribution in [0.3, 0.4) is 0 Å². The Bertz CT molecular complexity index is 572. The van der Waals surface area contributed by atoms with Gasteiger partial charge < -0.3 is 15.8 Å². The van der Waals surface area contributed by atoms with Crippen LogP contribution in [0.2, 0.25) is 5.02 Å². The Hall–Kier alpha value is -1.79. The van der Waals surface area contributed by atoms with Crippen LogP contribution in [-0.2, 0) is 9.59 Å². The van der Waals surface area contributed by atoms with E-state index in [4.69, 9.17) is 22.1 Å². The molecular weight excluding hydrogens is 318 g/mol. The fraction of sp³-hybridized carbons (Fsp3) is 0.500. The molecular formula is C16H22ClN3O3. The van der Waals surface area contributed by atoms with Crippen molar-refractivity contribution in [2.45, 2.75) is 25.8 Å². The summed E-state index contributed by atoms with van der Waals surface area (Å²) in [5, 5.41) is 3.44. The molecule has 126 valence electrons. The van der Waals surface area contributed by atoms with Crippen LogP contribution in [0.15, 0.2) is 18.2 Å². The quantitative estimate of drug-likeness (QED) is 0.812. The Morgan fingerprint density at radius 3 is 2.74 bits per heavy atom. The molecule has 1 aliphatic rings. The van der Waals surface area contributed by atoms with Gasteiger partial charge in [-0.1, -0.05) is 17.7 Å². The van der Waals surface area contributed by atoms with Gasteiger partial charge in [0.2, 0.25) is 5.91 Å². The summed E-state index contributed by atoms with van der Waals surface area (Å²) in [6.45, 7) is 3.64. The van der Waals surface area contributed by atoms with Gasteiger partial charge in [0.05, 0.1) is 11.6 Å². The van der Waals surface area contributed by atoms with Crippen LogP contribution in [0.4, 0.5) is 0 Å². The van der Waals surface area contributed by atoms with Gasteiger partial charge in [-0.3, -0.25) is 14.5 Å². The third kappa shape index (κ3) is 5.73. The molecule has 0 spiro atoms. The predicted molar refractivity (Wildman–Crippen MR) is 88.5 cm³/mol. The van der Waals surface area contributed by atoms with E-state index in [1.807, 2.05) is 17.9 Å². The molecule has 0 bridgehead atoms. The highest BCUT2D eigenvalue weighted by Gasteiger charge is 2.21. The first-order valence-corrected chi connectivity index (χ1v) is 8.01. The summed E-state index contributed by atoms with van der Waals surface area (Å²) < 4.78 is 5.48. The molecule has 0 unspecified atom stereocenters. The number of piperidine rings is 1. The number of benzene rings is 1. The highest BCUT2D eigenvalue weighted by Crippen LogP contribution is 2.25. The Morgan fingerprint density at radius 1 is 1.39 bits per heavy atom. The monoisotopic (exact) mass is 339 g/mol. The van der Waals surface area contributed by atoms with Gasteiger partial charge in [-0.25, -0.2) is 0 Å². The standard InChI is InChI=1S/C16H22ClN3O3/c1-11-2-3-13(17)14(8-11)23-10-16(22)19-12-4-6-20(7-5-12)9-15(18)21/h2-3,8,12H,4-7,9-10H2,1H3,(H2,18,21)(H,19,22). The third-order valence-electron chi connectivity index (χ3n) is 3.78. The molecule has 0 aromatic heterocycles. The van der Waals surface area contributed by atoms with E-state index in [0.29, 0.717) is 10.8 Å². The van der Waals surface area contributed by atoms with Crippen molar-refractivity contribution in [2.75, 3.05) is 26.2 Å². The van der Waals surface area contributed by atoms with Gasteiger partial charge in [0.25, 0.3) is 5.91 Å². The molecule has 2 rings (SSSR count). The average Bonchev–Trinajstić information content (AvgIpc) is 2.50. The number of nitrogens with two attached hydrogens (primary N) is 1. The number of rotatable bonds is 6. The van der Waals surface area contributed by atoms with Gasteiger partial charge in [-0.05, 0) is 37.5 Å². The first-order chi connectivity index (χ1) is 10.9. The third-order valence-corrected chi connectivity index (χ3v) is 4.09. The molecule has 3 N–H and O–H groups in total. The zero-order valence-electron chi connectivity index (χ0n) is 13.2. The average molecular weight is 340 g/mol. The summed E-state index contributed by atoms with van der Waals surface area (Å²) in [5.41, 5.74) is 6.20. The lowest BCUT2D eigenvalue weighted by atomic mass is 10.1. The first kappa shape index (κ1) is 17.6. The molecule has 1 aliphatic heterocycles. The number of nitrogens with zero attached hydrogens (tertiary/aromatic N) is 1. The van der Waals surface area contributed by atoms with Crippen molar-refractivity contribution < 1.29 is 14.3 Å². The highest BCUT2D eigenvalue weighted by molar-refractivity contribution is 6.32. The number of ether oxygens (including phenoxy) is 1. The minimum Gasteiger partial charge on any atom is -0.482 e. The van der Waals surface area contributed by atoms with Crippen LogP contribution >= 0.6 is 11.6 Å². The fourth-order valence-electron chi connectivity index (χ4n) is 2.59. The molecule has 7 heteroatoms. The molecule has 0 radical (unpaired) electrons. The maximum Gasteiger partial charge on any atom is 0.258 e. The molecule has 2 amide bonds. The van der Waals surface area contributed by atoms with E-state index in [1.54, 1.807) is 12.1 Å². The number of carbonyl (C=O) groups excluding carboxylic acids is 2. The van der Waals surface area contributed by atoms with Crippen molar-refractivity contribution in [3.63, 3.8) is 0 Å². The summed E-state index contributed by atoms with van der Waals surface area (Å²) in [7, 11) is 0. The molecule has 1 heterocycles. The number of nitrogens with one attached hydrogen (secondary N) is 1. The molecule has 23 heavy (non-hydrogen) atoms. The second kappa shape index (κ2) is 8.17. The van der Waals surface area contributed by atoms with Crippen molar-refractivity contribution in [1.82, 2.24) is 10.2 Å². The SMILES string of the molecule is Cc1ccc(Cl)c(OCC(=O)NC2CCN(CC(N)=O)CC2)c1. The number of aryl methyl sites for hydroxylation is 1. The van der Waals surface area contributed by atoms with Gasteiger partial charge in [0.1, 0.15) is 5.75 Å². The highest BCUT2D eigenvalue weighted by atomic mass is 35.5. The summed E-state index contributed by atoms with van der Waals surface area (Å²) in [6, 6.07) is 5.54. The topological polar surface area (TPSA) is 84.7 Å². The predicted octanol–water partition coefficient (Wildman–Crippen LogP) is 1.09.